The fourth-order valence-corrected chi connectivity index (χ4v) is 2.44. The molecule has 0 saturated carbocycles. The van der Waals surface area contributed by atoms with Gasteiger partial charge in [-0.25, -0.2) is 0 Å². The fourth-order valence-electron chi connectivity index (χ4n) is 1.49. The van der Waals surface area contributed by atoms with E-state index in [-0.39, 0.29) is 5.78 Å². The average molecular weight is 405 g/mol. The van der Waals surface area contributed by atoms with E-state index in [1.165, 1.54) is 0 Å². The molecule has 2 aromatic rings. The van der Waals surface area contributed by atoms with Crippen LogP contribution in [0.2, 0.25) is 0 Å². The molecule has 1 aromatic carbocycles. The second-order valence-corrected chi connectivity index (χ2v) is 5.65. The Balaban J connectivity index is 2.39. The second-order valence-electron chi connectivity index (χ2n) is 3.57. The van der Waals surface area contributed by atoms with Crippen LogP contribution in [-0.2, 0) is 6.42 Å². The van der Waals surface area contributed by atoms with E-state index in [1.54, 1.807) is 6.07 Å². The Morgan fingerprint density at radius 2 is 2.12 bits per heavy atom. The maximum absolute atomic E-state index is 12.2. The first kappa shape index (κ1) is 12.8. The quantitative estimate of drug-likeness (QED) is 0.559. The molecule has 1 heterocycles. The maximum Gasteiger partial charge on any atom is 0.229 e. The Hall–Kier alpha value is -0.620. The molecule has 2 rings (SSSR count). The fraction of sp³-hybridized carbons (Fsp3) is 0.154. The van der Waals surface area contributed by atoms with Crippen LogP contribution in [0.25, 0.3) is 0 Å². The molecule has 0 N–H and O–H groups in total. The summed E-state index contributed by atoms with van der Waals surface area (Å²) in [6.45, 7) is 2.00. The lowest BCUT2D eigenvalue weighted by atomic mass is 10.1. The zero-order chi connectivity index (χ0) is 12.4. The molecule has 0 saturated heterocycles. The van der Waals surface area contributed by atoms with Gasteiger partial charge in [0.25, 0.3) is 0 Å². The van der Waals surface area contributed by atoms with Crippen LogP contribution in [0.5, 0.6) is 0 Å². The Kier molecular flexibility index (Phi) is 4.04. The molecular weight excluding hydrogens is 395 g/mol. The van der Waals surface area contributed by atoms with Crippen molar-refractivity contribution in [3.8, 4) is 0 Å². The lowest BCUT2D eigenvalue weighted by Gasteiger charge is -2.02. The molecule has 0 aliphatic rings. The molecule has 0 aliphatic heterocycles. The summed E-state index contributed by atoms with van der Waals surface area (Å²) in [6, 6.07) is 9.22. The van der Waals surface area contributed by atoms with E-state index in [9.17, 15) is 4.79 Å². The molecule has 0 unspecified atom stereocenters. The van der Waals surface area contributed by atoms with Crippen molar-refractivity contribution in [2.75, 3.05) is 0 Å². The number of benzene rings is 1. The van der Waals surface area contributed by atoms with Gasteiger partial charge in [-0.1, -0.05) is 22.9 Å². The number of carbonyl (C=O) groups is 1. The van der Waals surface area contributed by atoms with E-state index in [1.807, 2.05) is 31.2 Å². The van der Waals surface area contributed by atoms with Crippen molar-refractivity contribution < 1.29 is 9.21 Å². The summed E-state index contributed by atoms with van der Waals surface area (Å²) < 4.78 is 7.29. The number of hydrogen-bond acceptors (Lipinski definition) is 2. The van der Waals surface area contributed by atoms with Gasteiger partial charge in [0.1, 0.15) is 5.76 Å². The Bertz CT molecular complexity index is 560. The van der Waals surface area contributed by atoms with Gasteiger partial charge in [-0.05, 0) is 52.9 Å². The van der Waals surface area contributed by atoms with E-state index in [2.05, 4.69) is 38.5 Å². The van der Waals surface area contributed by atoms with Gasteiger partial charge in [0.05, 0.1) is 0 Å². The molecule has 0 radical (unpaired) electrons. The Morgan fingerprint density at radius 3 is 2.76 bits per heavy atom. The van der Waals surface area contributed by atoms with Crippen LogP contribution in [0.1, 0.15) is 28.8 Å². The maximum atomic E-state index is 12.2. The minimum atomic E-state index is -0.0737. The number of furan rings is 1. The molecule has 0 amide bonds. The summed E-state index contributed by atoms with van der Waals surface area (Å²) in [6.07, 6.45) is 0.795. The molecule has 0 fully saturated rings. The Labute approximate surface area is 122 Å². The average Bonchev–Trinajstić information content (AvgIpc) is 2.80. The van der Waals surface area contributed by atoms with E-state index < -0.39 is 0 Å². The van der Waals surface area contributed by atoms with Crippen molar-refractivity contribution in [2.45, 2.75) is 13.3 Å². The van der Waals surface area contributed by atoms with Gasteiger partial charge in [-0.2, -0.15) is 0 Å². The molecule has 0 aliphatic carbocycles. The highest BCUT2D eigenvalue weighted by atomic mass is 127. The molecular formula is C13H10BrIO2. The van der Waals surface area contributed by atoms with Crippen molar-refractivity contribution in [1.29, 1.82) is 0 Å². The van der Waals surface area contributed by atoms with Crippen molar-refractivity contribution in [2.24, 2.45) is 0 Å². The van der Waals surface area contributed by atoms with Crippen LogP contribution in [0.3, 0.4) is 0 Å². The molecule has 1 aromatic heterocycles. The van der Waals surface area contributed by atoms with Crippen molar-refractivity contribution in [3.63, 3.8) is 0 Å². The third-order valence-electron chi connectivity index (χ3n) is 2.41. The second kappa shape index (κ2) is 5.35. The first-order valence-corrected chi connectivity index (χ1v) is 7.07. The summed E-state index contributed by atoms with van der Waals surface area (Å²) in [7, 11) is 0. The normalized spacial score (nSPS) is 10.5. The van der Waals surface area contributed by atoms with Gasteiger partial charge in [-0.3, -0.25) is 4.79 Å². The predicted octanol–water partition coefficient (Wildman–Crippen LogP) is 4.44. The predicted molar refractivity (Wildman–Crippen MR) is 78.4 cm³/mol. The molecule has 4 heteroatoms. The van der Waals surface area contributed by atoms with Gasteiger partial charge in [0.15, 0.2) is 5.76 Å². The highest BCUT2D eigenvalue weighted by Crippen LogP contribution is 2.22. The molecule has 0 atom stereocenters. The van der Waals surface area contributed by atoms with Crippen LogP contribution < -0.4 is 0 Å². The number of halogens is 2. The van der Waals surface area contributed by atoms with Gasteiger partial charge < -0.3 is 4.42 Å². The number of hydrogen-bond donors (Lipinski definition) is 0. The van der Waals surface area contributed by atoms with Crippen molar-refractivity contribution in [1.82, 2.24) is 0 Å². The SMILES string of the molecule is CCc1ccc(C(=O)c2cc(Br)ccc2I)o1. The zero-order valence-electron chi connectivity index (χ0n) is 9.17. The molecule has 0 spiro atoms. The number of rotatable bonds is 3. The molecule has 0 bridgehead atoms. The van der Waals surface area contributed by atoms with Gasteiger partial charge >= 0.3 is 0 Å². The lowest BCUT2D eigenvalue weighted by Crippen LogP contribution is -2.02. The summed E-state index contributed by atoms with van der Waals surface area (Å²) in [5.74, 6) is 1.16. The van der Waals surface area contributed by atoms with Crippen molar-refractivity contribution >= 4 is 44.3 Å². The van der Waals surface area contributed by atoms with E-state index in [0.29, 0.717) is 11.3 Å². The first-order chi connectivity index (χ1) is 8.11. The number of ketones is 1. The third kappa shape index (κ3) is 2.80. The van der Waals surface area contributed by atoms with Crippen molar-refractivity contribution in [3.05, 3.63) is 55.5 Å². The minimum Gasteiger partial charge on any atom is -0.458 e. The minimum absolute atomic E-state index is 0.0737. The lowest BCUT2D eigenvalue weighted by molar-refractivity contribution is 0.101. The monoisotopic (exact) mass is 404 g/mol. The van der Waals surface area contributed by atoms with Crippen LogP contribution >= 0.6 is 38.5 Å². The highest BCUT2D eigenvalue weighted by Gasteiger charge is 2.16. The topological polar surface area (TPSA) is 30.2 Å². The van der Waals surface area contributed by atoms with Crippen LogP contribution in [0, 0.1) is 3.57 Å². The third-order valence-corrected chi connectivity index (χ3v) is 3.84. The van der Waals surface area contributed by atoms with Gasteiger partial charge in [-0.15, -0.1) is 0 Å². The van der Waals surface area contributed by atoms with E-state index >= 15 is 0 Å². The summed E-state index contributed by atoms with van der Waals surface area (Å²) in [5.41, 5.74) is 0.664. The number of carbonyl (C=O) groups excluding carboxylic acids is 1. The smallest absolute Gasteiger partial charge is 0.229 e. The van der Waals surface area contributed by atoms with Gasteiger partial charge in [0, 0.05) is 20.0 Å². The zero-order valence-corrected chi connectivity index (χ0v) is 12.9. The molecule has 2 nitrogen and oxygen atoms in total. The summed E-state index contributed by atoms with van der Waals surface area (Å²) in [4.78, 5) is 12.2. The van der Waals surface area contributed by atoms with Gasteiger partial charge in [0.2, 0.25) is 5.78 Å². The molecule has 88 valence electrons. The Morgan fingerprint density at radius 1 is 1.35 bits per heavy atom. The largest absolute Gasteiger partial charge is 0.458 e. The van der Waals surface area contributed by atoms with Crippen LogP contribution in [0.4, 0.5) is 0 Å². The highest BCUT2D eigenvalue weighted by molar-refractivity contribution is 14.1. The van der Waals surface area contributed by atoms with E-state index in [0.717, 1.165) is 20.2 Å². The van der Waals surface area contributed by atoms with Crippen LogP contribution in [0.15, 0.2) is 39.2 Å². The standard InChI is InChI=1S/C13H10BrIO2/c1-2-9-4-6-12(17-9)13(16)10-7-8(14)3-5-11(10)15/h3-7H,2H2,1H3. The number of aryl methyl sites for hydroxylation is 1. The van der Waals surface area contributed by atoms with Crippen LogP contribution in [-0.4, -0.2) is 5.78 Å². The molecule has 17 heavy (non-hydrogen) atoms. The summed E-state index contributed by atoms with van der Waals surface area (Å²) in [5, 5.41) is 0. The summed E-state index contributed by atoms with van der Waals surface area (Å²) >= 11 is 5.52. The van der Waals surface area contributed by atoms with E-state index in [4.69, 9.17) is 4.42 Å². The first-order valence-electron chi connectivity index (χ1n) is 5.20.